The van der Waals surface area contributed by atoms with Crippen LogP contribution in [0.4, 0.5) is 0 Å². The highest BCUT2D eigenvalue weighted by Crippen LogP contribution is 2.39. The monoisotopic (exact) mass is 287 g/mol. The normalized spacial score (nSPS) is 21.4. The molecule has 3 rings (SSSR count). The van der Waals surface area contributed by atoms with E-state index in [-0.39, 0.29) is 0 Å². The number of thiazole rings is 1. The number of carbonyl (C=O) groups is 1. The van der Waals surface area contributed by atoms with Crippen molar-refractivity contribution in [3.8, 4) is 0 Å². The van der Waals surface area contributed by atoms with Gasteiger partial charge in [0.15, 0.2) is 0 Å². The maximum absolute atomic E-state index is 11.9. The minimum Gasteiger partial charge on any atom is -0.481 e. The fourth-order valence-electron chi connectivity index (χ4n) is 3.03. The number of carboxylic acid groups (broad SMARTS) is 1. The summed E-state index contributed by atoms with van der Waals surface area (Å²) in [6.07, 6.45) is 4.58. The van der Waals surface area contributed by atoms with E-state index in [1.54, 1.807) is 11.3 Å². The van der Waals surface area contributed by atoms with E-state index in [9.17, 15) is 9.90 Å². The first-order chi connectivity index (χ1) is 9.59. The van der Waals surface area contributed by atoms with Crippen LogP contribution < -0.4 is 0 Å². The van der Waals surface area contributed by atoms with Gasteiger partial charge in [0.25, 0.3) is 0 Å². The van der Waals surface area contributed by atoms with Gasteiger partial charge in [-0.15, -0.1) is 11.3 Å². The summed E-state index contributed by atoms with van der Waals surface area (Å²) in [7, 11) is 0. The number of aliphatic carboxylic acids is 1. The predicted octanol–water partition coefficient (Wildman–Crippen LogP) is 3.25. The van der Waals surface area contributed by atoms with E-state index in [4.69, 9.17) is 0 Å². The molecular formula is C16H17NO2S. The molecule has 0 amide bonds. The highest BCUT2D eigenvalue weighted by Gasteiger charge is 2.41. The van der Waals surface area contributed by atoms with Crippen molar-refractivity contribution in [3.63, 3.8) is 0 Å². The number of hydrogen-bond donors (Lipinski definition) is 1. The smallest absolute Gasteiger partial charge is 0.310 e. The number of rotatable bonds is 3. The highest BCUT2D eigenvalue weighted by atomic mass is 32.1. The number of aryl methyl sites for hydroxylation is 2. The van der Waals surface area contributed by atoms with Gasteiger partial charge in [0.05, 0.1) is 10.4 Å². The summed E-state index contributed by atoms with van der Waals surface area (Å²) in [5, 5.41) is 10.8. The molecule has 104 valence electrons. The van der Waals surface area contributed by atoms with Crippen molar-refractivity contribution in [2.24, 2.45) is 5.41 Å². The molecule has 2 aromatic rings. The molecule has 0 aliphatic heterocycles. The van der Waals surface area contributed by atoms with Gasteiger partial charge in [-0.2, -0.15) is 0 Å². The van der Waals surface area contributed by atoms with E-state index >= 15 is 0 Å². The van der Waals surface area contributed by atoms with Crippen LogP contribution >= 0.6 is 11.3 Å². The van der Waals surface area contributed by atoms with Gasteiger partial charge in [-0.25, -0.2) is 4.98 Å². The van der Waals surface area contributed by atoms with Crippen LogP contribution in [-0.2, 0) is 24.1 Å². The molecule has 0 spiro atoms. The third kappa shape index (κ3) is 2.36. The van der Waals surface area contributed by atoms with Gasteiger partial charge in [-0.3, -0.25) is 4.79 Å². The molecule has 0 bridgehead atoms. The molecule has 1 heterocycles. The van der Waals surface area contributed by atoms with Gasteiger partial charge >= 0.3 is 5.97 Å². The average molecular weight is 287 g/mol. The lowest BCUT2D eigenvalue weighted by Gasteiger charge is -2.34. The van der Waals surface area contributed by atoms with Crippen LogP contribution in [0.3, 0.4) is 0 Å². The van der Waals surface area contributed by atoms with Crippen LogP contribution in [-0.4, -0.2) is 16.1 Å². The van der Waals surface area contributed by atoms with Crippen molar-refractivity contribution in [3.05, 3.63) is 51.5 Å². The number of nitrogens with zero attached hydrogens (tertiary/aromatic N) is 1. The molecule has 0 radical (unpaired) electrons. The Hall–Kier alpha value is -1.68. The van der Waals surface area contributed by atoms with Gasteiger partial charge in [0, 0.05) is 11.1 Å². The molecule has 1 aliphatic rings. The lowest BCUT2D eigenvalue weighted by atomic mass is 9.69. The van der Waals surface area contributed by atoms with Gasteiger partial charge in [0.2, 0.25) is 0 Å². The van der Waals surface area contributed by atoms with Gasteiger partial charge in [0.1, 0.15) is 0 Å². The second-order valence-electron chi connectivity index (χ2n) is 5.55. The molecule has 20 heavy (non-hydrogen) atoms. The maximum atomic E-state index is 11.9. The Morgan fingerprint density at radius 1 is 1.40 bits per heavy atom. The summed E-state index contributed by atoms with van der Waals surface area (Å²) >= 11 is 1.60. The number of aromatic nitrogens is 1. The Kier molecular flexibility index (Phi) is 3.34. The van der Waals surface area contributed by atoms with Crippen LogP contribution in [0, 0.1) is 12.3 Å². The van der Waals surface area contributed by atoms with E-state index < -0.39 is 11.4 Å². The molecular weight excluding hydrogens is 270 g/mol. The van der Waals surface area contributed by atoms with E-state index in [1.807, 2.05) is 25.3 Å². The predicted molar refractivity (Wildman–Crippen MR) is 79.1 cm³/mol. The highest BCUT2D eigenvalue weighted by molar-refractivity contribution is 7.11. The molecule has 4 heteroatoms. The van der Waals surface area contributed by atoms with Crippen LogP contribution in [0.1, 0.15) is 27.4 Å². The van der Waals surface area contributed by atoms with E-state index in [2.05, 4.69) is 17.1 Å². The molecule has 0 saturated carbocycles. The largest absolute Gasteiger partial charge is 0.481 e. The number of hydrogen-bond acceptors (Lipinski definition) is 3. The van der Waals surface area contributed by atoms with E-state index in [1.165, 1.54) is 11.1 Å². The minimum atomic E-state index is -0.682. The first kappa shape index (κ1) is 13.3. The van der Waals surface area contributed by atoms with Crippen molar-refractivity contribution in [1.29, 1.82) is 0 Å². The lowest BCUT2D eigenvalue weighted by Crippen LogP contribution is -2.38. The van der Waals surface area contributed by atoms with Crippen molar-refractivity contribution < 1.29 is 9.90 Å². The average Bonchev–Trinajstić information content (AvgIpc) is 2.83. The first-order valence-electron chi connectivity index (χ1n) is 6.81. The molecule has 1 aromatic carbocycles. The zero-order valence-corrected chi connectivity index (χ0v) is 12.2. The summed E-state index contributed by atoms with van der Waals surface area (Å²) in [5.41, 5.74) is 1.81. The summed E-state index contributed by atoms with van der Waals surface area (Å²) < 4.78 is 0. The van der Waals surface area contributed by atoms with Crippen LogP contribution in [0.5, 0.6) is 0 Å². The lowest BCUT2D eigenvalue weighted by molar-refractivity contribution is -0.149. The summed E-state index contributed by atoms with van der Waals surface area (Å²) in [5.74, 6) is -0.682. The van der Waals surface area contributed by atoms with Crippen molar-refractivity contribution >= 4 is 17.3 Å². The van der Waals surface area contributed by atoms with Crippen molar-refractivity contribution in [2.75, 3.05) is 0 Å². The fourth-order valence-corrected chi connectivity index (χ4v) is 3.97. The second-order valence-corrected chi connectivity index (χ2v) is 6.87. The SMILES string of the molecule is Cc1ncc(CC2(C(=O)O)CCc3ccccc3C2)s1. The zero-order valence-electron chi connectivity index (χ0n) is 11.4. The molecule has 1 N–H and O–H groups in total. The Morgan fingerprint density at radius 2 is 2.15 bits per heavy atom. The molecule has 1 atom stereocenters. The fraction of sp³-hybridized carbons (Fsp3) is 0.375. The van der Waals surface area contributed by atoms with Gasteiger partial charge < -0.3 is 5.11 Å². The second kappa shape index (κ2) is 5.02. The van der Waals surface area contributed by atoms with Crippen molar-refractivity contribution in [2.45, 2.75) is 32.6 Å². The van der Waals surface area contributed by atoms with Gasteiger partial charge in [-0.05, 0) is 43.7 Å². The Morgan fingerprint density at radius 3 is 2.80 bits per heavy atom. The topological polar surface area (TPSA) is 50.2 Å². The Balaban J connectivity index is 1.92. The quantitative estimate of drug-likeness (QED) is 0.942. The maximum Gasteiger partial charge on any atom is 0.310 e. The summed E-state index contributed by atoms with van der Waals surface area (Å²) in [4.78, 5) is 17.2. The number of carboxylic acids is 1. The zero-order chi connectivity index (χ0) is 14.2. The van der Waals surface area contributed by atoms with Crippen LogP contribution in [0.25, 0.3) is 0 Å². The Bertz CT molecular complexity index is 649. The first-order valence-corrected chi connectivity index (χ1v) is 7.62. The van der Waals surface area contributed by atoms with Crippen LogP contribution in [0.2, 0.25) is 0 Å². The third-order valence-electron chi connectivity index (χ3n) is 4.16. The van der Waals surface area contributed by atoms with Crippen molar-refractivity contribution in [1.82, 2.24) is 4.98 Å². The van der Waals surface area contributed by atoms with Gasteiger partial charge in [-0.1, -0.05) is 24.3 Å². The number of benzene rings is 1. The summed E-state index contributed by atoms with van der Waals surface area (Å²) in [6, 6.07) is 8.19. The third-order valence-corrected chi connectivity index (χ3v) is 5.07. The standard InChI is InChI=1S/C16H17NO2S/c1-11-17-10-14(20-11)9-16(15(18)19)7-6-12-4-2-3-5-13(12)8-16/h2-5,10H,6-9H2,1H3,(H,18,19). The minimum absolute atomic E-state index is 0.585. The molecule has 3 nitrogen and oxygen atoms in total. The van der Waals surface area contributed by atoms with E-state index in [0.717, 1.165) is 16.3 Å². The molecule has 0 saturated heterocycles. The van der Waals surface area contributed by atoms with Crippen LogP contribution in [0.15, 0.2) is 30.5 Å². The summed E-state index contributed by atoms with van der Waals surface area (Å²) in [6.45, 7) is 1.96. The Labute approximate surface area is 122 Å². The molecule has 1 aliphatic carbocycles. The number of fused-ring (bicyclic) bond motifs is 1. The van der Waals surface area contributed by atoms with E-state index in [0.29, 0.717) is 19.3 Å². The molecule has 1 unspecified atom stereocenters. The molecule has 0 fully saturated rings. The molecule has 1 aromatic heterocycles.